The lowest BCUT2D eigenvalue weighted by molar-refractivity contribution is -0.142. The van der Waals surface area contributed by atoms with Crippen LogP contribution in [0.25, 0.3) is 0 Å². The van der Waals surface area contributed by atoms with Gasteiger partial charge in [-0.3, -0.25) is 4.79 Å². The van der Waals surface area contributed by atoms with E-state index < -0.39 is 0 Å². The Bertz CT molecular complexity index is 438. The summed E-state index contributed by atoms with van der Waals surface area (Å²) in [6.07, 6.45) is 6.52. The fourth-order valence-corrected chi connectivity index (χ4v) is 3.43. The van der Waals surface area contributed by atoms with Crippen LogP contribution in [-0.2, 0) is 9.53 Å². The highest BCUT2D eigenvalue weighted by molar-refractivity contribution is 5.78. The van der Waals surface area contributed by atoms with Crippen molar-refractivity contribution in [1.29, 1.82) is 0 Å². The first-order chi connectivity index (χ1) is 10.2. The standard InChI is InChI=1S/C18H27NO2/c1-3-18(11-7-8-12-18)14-19-13-16(17(20)21-2)15-9-5-4-6-10-15/h4-6,9-10,16,19H,3,7-8,11-14H2,1-2H3. The molecule has 3 heteroatoms. The number of hydrogen-bond donors (Lipinski definition) is 1. The molecule has 1 aliphatic rings. The molecule has 0 heterocycles. The summed E-state index contributed by atoms with van der Waals surface area (Å²) in [5.41, 5.74) is 1.46. The van der Waals surface area contributed by atoms with Gasteiger partial charge in [0.25, 0.3) is 0 Å². The molecule has 1 N–H and O–H groups in total. The van der Waals surface area contributed by atoms with E-state index in [1.54, 1.807) is 0 Å². The summed E-state index contributed by atoms with van der Waals surface area (Å²) in [6, 6.07) is 9.89. The van der Waals surface area contributed by atoms with Gasteiger partial charge in [-0.1, -0.05) is 50.1 Å². The average Bonchev–Trinajstić information content (AvgIpc) is 3.01. The van der Waals surface area contributed by atoms with Crippen LogP contribution in [0.2, 0.25) is 0 Å². The van der Waals surface area contributed by atoms with Gasteiger partial charge in [0.2, 0.25) is 0 Å². The molecule has 1 aromatic rings. The zero-order valence-corrected chi connectivity index (χ0v) is 13.2. The van der Waals surface area contributed by atoms with E-state index in [9.17, 15) is 4.79 Å². The van der Waals surface area contributed by atoms with E-state index in [0.29, 0.717) is 12.0 Å². The van der Waals surface area contributed by atoms with E-state index in [1.807, 2.05) is 30.3 Å². The zero-order valence-electron chi connectivity index (χ0n) is 13.2. The van der Waals surface area contributed by atoms with Crippen molar-refractivity contribution in [3.05, 3.63) is 35.9 Å². The molecule has 0 amide bonds. The number of carbonyl (C=O) groups excluding carboxylic acids is 1. The van der Waals surface area contributed by atoms with E-state index in [4.69, 9.17) is 4.74 Å². The van der Waals surface area contributed by atoms with Crippen LogP contribution < -0.4 is 5.32 Å². The number of carbonyl (C=O) groups is 1. The third-order valence-electron chi connectivity index (χ3n) is 4.95. The molecular weight excluding hydrogens is 262 g/mol. The molecular formula is C18H27NO2. The van der Waals surface area contributed by atoms with Gasteiger partial charge < -0.3 is 10.1 Å². The molecule has 1 unspecified atom stereocenters. The summed E-state index contributed by atoms with van der Waals surface area (Å²) in [7, 11) is 1.46. The fraction of sp³-hybridized carbons (Fsp3) is 0.611. The Morgan fingerprint density at radius 3 is 2.52 bits per heavy atom. The number of methoxy groups -OCH3 is 1. The lowest BCUT2D eigenvalue weighted by atomic mass is 9.83. The predicted molar refractivity (Wildman–Crippen MR) is 85.3 cm³/mol. The van der Waals surface area contributed by atoms with Gasteiger partial charge in [-0.05, 0) is 30.2 Å². The fourth-order valence-electron chi connectivity index (χ4n) is 3.43. The van der Waals surface area contributed by atoms with E-state index in [-0.39, 0.29) is 11.9 Å². The summed E-state index contributed by atoms with van der Waals surface area (Å²) in [4.78, 5) is 12.0. The Morgan fingerprint density at radius 1 is 1.29 bits per heavy atom. The summed E-state index contributed by atoms with van der Waals surface area (Å²) < 4.78 is 4.96. The first kappa shape index (κ1) is 16.0. The second-order valence-electron chi connectivity index (χ2n) is 6.18. The van der Waals surface area contributed by atoms with Crippen LogP contribution in [-0.4, -0.2) is 26.2 Å². The highest BCUT2D eigenvalue weighted by Gasteiger charge is 2.32. The first-order valence-corrected chi connectivity index (χ1v) is 8.04. The molecule has 21 heavy (non-hydrogen) atoms. The Kier molecular flexibility index (Phi) is 5.80. The van der Waals surface area contributed by atoms with E-state index in [2.05, 4.69) is 12.2 Å². The van der Waals surface area contributed by atoms with Crippen molar-refractivity contribution in [2.75, 3.05) is 20.2 Å². The Balaban J connectivity index is 1.95. The number of rotatable bonds is 7. The number of nitrogens with one attached hydrogen (secondary N) is 1. The minimum atomic E-state index is -0.216. The molecule has 0 saturated heterocycles. The highest BCUT2D eigenvalue weighted by Crippen LogP contribution is 2.40. The Labute approximate surface area is 128 Å². The summed E-state index contributed by atoms with van der Waals surface area (Å²) >= 11 is 0. The molecule has 1 saturated carbocycles. The van der Waals surface area contributed by atoms with Gasteiger partial charge in [0.15, 0.2) is 0 Å². The predicted octanol–water partition coefficient (Wildman–Crippen LogP) is 3.50. The SMILES string of the molecule is CCC1(CNCC(C(=O)OC)c2ccccc2)CCCC1. The average molecular weight is 289 g/mol. The van der Waals surface area contributed by atoms with Gasteiger partial charge >= 0.3 is 5.97 Å². The van der Waals surface area contributed by atoms with E-state index in [0.717, 1.165) is 12.1 Å². The number of ether oxygens (including phenoxy) is 1. The van der Waals surface area contributed by atoms with Crippen molar-refractivity contribution >= 4 is 5.97 Å². The molecule has 0 spiro atoms. The van der Waals surface area contributed by atoms with Crippen molar-refractivity contribution < 1.29 is 9.53 Å². The topological polar surface area (TPSA) is 38.3 Å². The molecule has 1 aliphatic carbocycles. The van der Waals surface area contributed by atoms with Crippen molar-refractivity contribution in [3.8, 4) is 0 Å². The minimum Gasteiger partial charge on any atom is -0.469 e. The van der Waals surface area contributed by atoms with Gasteiger partial charge in [0, 0.05) is 13.1 Å². The van der Waals surface area contributed by atoms with Crippen LogP contribution in [0.1, 0.15) is 50.5 Å². The third kappa shape index (κ3) is 4.07. The van der Waals surface area contributed by atoms with Crippen LogP contribution in [0.15, 0.2) is 30.3 Å². The molecule has 0 bridgehead atoms. The maximum Gasteiger partial charge on any atom is 0.314 e. The normalized spacial score (nSPS) is 18.4. The van der Waals surface area contributed by atoms with Crippen LogP contribution in [0.3, 0.4) is 0 Å². The number of esters is 1. The van der Waals surface area contributed by atoms with E-state index in [1.165, 1.54) is 39.2 Å². The molecule has 0 aliphatic heterocycles. The van der Waals surface area contributed by atoms with Gasteiger partial charge in [0.05, 0.1) is 13.0 Å². The molecule has 2 rings (SSSR count). The number of benzene rings is 1. The van der Waals surface area contributed by atoms with Crippen LogP contribution in [0, 0.1) is 5.41 Å². The lowest BCUT2D eigenvalue weighted by Crippen LogP contribution is -2.36. The summed E-state index contributed by atoms with van der Waals surface area (Å²) in [5.74, 6) is -0.378. The Hall–Kier alpha value is -1.35. The largest absolute Gasteiger partial charge is 0.469 e. The summed E-state index contributed by atoms with van der Waals surface area (Å²) in [6.45, 7) is 3.93. The molecule has 1 aromatic carbocycles. The van der Waals surface area contributed by atoms with Crippen LogP contribution in [0.4, 0.5) is 0 Å². The van der Waals surface area contributed by atoms with Crippen LogP contribution >= 0.6 is 0 Å². The van der Waals surface area contributed by atoms with Crippen molar-refractivity contribution in [3.63, 3.8) is 0 Å². The molecule has 0 aromatic heterocycles. The molecule has 0 radical (unpaired) electrons. The third-order valence-corrected chi connectivity index (χ3v) is 4.95. The lowest BCUT2D eigenvalue weighted by Gasteiger charge is -2.28. The molecule has 3 nitrogen and oxygen atoms in total. The van der Waals surface area contributed by atoms with Gasteiger partial charge in [-0.2, -0.15) is 0 Å². The monoisotopic (exact) mass is 289 g/mol. The van der Waals surface area contributed by atoms with Gasteiger partial charge in [-0.25, -0.2) is 0 Å². The van der Waals surface area contributed by atoms with Gasteiger partial charge in [0.1, 0.15) is 0 Å². The second-order valence-corrected chi connectivity index (χ2v) is 6.18. The van der Waals surface area contributed by atoms with Crippen LogP contribution in [0.5, 0.6) is 0 Å². The van der Waals surface area contributed by atoms with E-state index >= 15 is 0 Å². The molecule has 1 atom stereocenters. The molecule has 1 fully saturated rings. The summed E-state index contributed by atoms with van der Waals surface area (Å²) in [5, 5.41) is 3.53. The maximum atomic E-state index is 12.0. The minimum absolute atomic E-state index is 0.161. The zero-order chi connectivity index (χ0) is 15.1. The quantitative estimate of drug-likeness (QED) is 0.781. The second kappa shape index (κ2) is 7.60. The first-order valence-electron chi connectivity index (χ1n) is 8.04. The smallest absolute Gasteiger partial charge is 0.314 e. The highest BCUT2D eigenvalue weighted by atomic mass is 16.5. The van der Waals surface area contributed by atoms with Crippen molar-refractivity contribution in [2.24, 2.45) is 5.41 Å². The maximum absolute atomic E-state index is 12.0. The van der Waals surface area contributed by atoms with Gasteiger partial charge in [-0.15, -0.1) is 0 Å². The number of hydrogen-bond acceptors (Lipinski definition) is 3. The van der Waals surface area contributed by atoms with Crippen molar-refractivity contribution in [2.45, 2.75) is 44.9 Å². The Morgan fingerprint density at radius 2 is 1.95 bits per heavy atom. The molecule has 116 valence electrons. The van der Waals surface area contributed by atoms with Crippen molar-refractivity contribution in [1.82, 2.24) is 5.32 Å².